The molecular weight excluding hydrogens is 322 g/mol. The van der Waals surface area contributed by atoms with Crippen molar-refractivity contribution in [2.24, 2.45) is 0 Å². The summed E-state index contributed by atoms with van der Waals surface area (Å²) in [5.74, 6) is -0.155. The van der Waals surface area contributed by atoms with Crippen LogP contribution in [0.15, 0.2) is 42.5 Å². The lowest BCUT2D eigenvalue weighted by Gasteiger charge is -2.15. The molecule has 1 N–H and O–H groups in total. The van der Waals surface area contributed by atoms with E-state index in [2.05, 4.69) is 5.32 Å². The molecule has 0 heterocycles. The molecule has 0 aliphatic heterocycles. The van der Waals surface area contributed by atoms with Crippen molar-refractivity contribution in [3.05, 3.63) is 69.7 Å². The number of halogens is 1. The third-order valence-electron chi connectivity index (χ3n) is 4.02. The highest BCUT2D eigenvalue weighted by atomic mass is 35.5. The first-order valence-corrected chi connectivity index (χ1v) is 8.40. The van der Waals surface area contributed by atoms with Gasteiger partial charge in [0.1, 0.15) is 0 Å². The Labute approximate surface area is 148 Å². The molecule has 1 unspecified atom stereocenters. The molecule has 2 aromatic rings. The van der Waals surface area contributed by atoms with E-state index in [1.165, 1.54) is 0 Å². The Morgan fingerprint density at radius 2 is 1.79 bits per heavy atom. The van der Waals surface area contributed by atoms with Gasteiger partial charge in [0.25, 0.3) is 0 Å². The van der Waals surface area contributed by atoms with Crippen molar-refractivity contribution in [1.29, 1.82) is 0 Å². The number of benzene rings is 2. The minimum absolute atomic E-state index is 0.00301. The lowest BCUT2D eigenvalue weighted by atomic mass is 9.99. The maximum Gasteiger partial charge on any atom is 0.220 e. The van der Waals surface area contributed by atoms with Gasteiger partial charge in [-0.05, 0) is 44.0 Å². The number of ketones is 1. The van der Waals surface area contributed by atoms with Crippen LogP contribution >= 0.6 is 11.6 Å². The lowest BCUT2D eigenvalue weighted by molar-refractivity contribution is -0.121. The smallest absolute Gasteiger partial charge is 0.220 e. The molecule has 0 spiro atoms. The molecule has 0 saturated heterocycles. The number of hydrogen-bond acceptors (Lipinski definition) is 2. The standard InChI is InChI=1S/C20H22ClNO2/c1-13-8-9-14(2)17(12-13)19(23)10-11-20(24)22-15(3)16-6-4-5-7-18(16)21/h4-9,12,15H,10-11H2,1-3H3,(H,22,24). The first-order chi connectivity index (χ1) is 11.4. The highest BCUT2D eigenvalue weighted by Gasteiger charge is 2.15. The summed E-state index contributed by atoms with van der Waals surface area (Å²) in [4.78, 5) is 24.5. The summed E-state index contributed by atoms with van der Waals surface area (Å²) in [6.45, 7) is 5.74. The van der Waals surface area contributed by atoms with Crippen molar-refractivity contribution in [3.8, 4) is 0 Å². The monoisotopic (exact) mass is 343 g/mol. The van der Waals surface area contributed by atoms with E-state index in [9.17, 15) is 9.59 Å². The van der Waals surface area contributed by atoms with Crippen LogP contribution in [0.3, 0.4) is 0 Å². The molecule has 1 atom stereocenters. The fraction of sp³-hybridized carbons (Fsp3) is 0.300. The van der Waals surface area contributed by atoms with Gasteiger partial charge in [0.05, 0.1) is 6.04 Å². The Morgan fingerprint density at radius 3 is 2.50 bits per heavy atom. The summed E-state index contributed by atoms with van der Waals surface area (Å²) in [6.07, 6.45) is 0.367. The average molecular weight is 344 g/mol. The Balaban J connectivity index is 1.92. The predicted octanol–water partition coefficient (Wildman–Crippen LogP) is 4.80. The van der Waals surface area contributed by atoms with E-state index >= 15 is 0 Å². The summed E-state index contributed by atoms with van der Waals surface area (Å²) in [6, 6.07) is 13.0. The van der Waals surface area contributed by atoms with Crippen LogP contribution < -0.4 is 5.32 Å². The third-order valence-corrected chi connectivity index (χ3v) is 4.37. The zero-order valence-corrected chi connectivity index (χ0v) is 15.0. The molecule has 2 aromatic carbocycles. The zero-order chi connectivity index (χ0) is 17.7. The van der Waals surface area contributed by atoms with Gasteiger partial charge < -0.3 is 5.32 Å². The van der Waals surface area contributed by atoms with Gasteiger partial charge in [-0.2, -0.15) is 0 Å². The number of nitrogens with one attached hydrogen (secondary N) is 1. The van der Waals surface area contributed by atoms with Gasteiger partial charge in [0, 0.05) is 23.4 Å². The van der Waals surface area contributed by atoms with Crippen molar-refractivity contribution in [2.75, 3.05) is 0 Å². The SMILES string of the molecule is Cc1ccc(C)c(C(=O)CCC(=O)NC(C)c2ccccc2Cl)c1. The van der Waals surface area contributed by atoms with Gasteiger partial charge in [-0.25, -0.2) is 0 Å². The van der Waals surface area contributed by atoms with Crippen molar-refractivity contribution in [2.45, 2.75) is 39.7 Å². The van der Waals surface area contributed by atoms with Crippen molar-refractivity contribution in [3.63, 3.8) is 0 Å². The molecule has 2 rings (SSSR count). The molecule has 0 aliphatic rings. The second kappa shape index (κ2) is 8.11. The second-order valence-corrected chi connectivity index (χ2v) is 6.46. The summed E-state index contributed by atoms with van der Waals surface area (Å²) in [7, 11) is 0. The second-order valence-electron chi connectivity index (χ2n) is 6.05. The van der Waals surface area contributed by atoms with Crippen molar-refractivity contribution in [1.82, 2.24) is 5.32 Å². The van der Waals surface area contributed by atoms with Crippen LogP contribution in [0.4, 0.5) is 0 Å². The minimum Gasteiger partial charge on any atom is -0.350 e. The number of hydrogen-bond donors (Lipinski definition) is 1. The molecule has 0 aliphatic carbocycles. The predicted molar refractivity (Wildman–Crippen MR) is 97.5 cm³/mol. The number of aryl methyl sites for hydroxylation is 2. The molecule has 4 heteroatoms. The van der Waals surface area contributed by atoms with Crippen LogP contribution in [0.1, 0.15) is 52.9 Å². The third kappa shape index (κ3) is 4.68. The largest absolute Gasteiger partial charge is 0.350 e. The van der Waals surface area contributed by atoms with Gasteiger partial charge in [-0.1, -0.05) is 47.5 Å². The van der Waals surface area contributed by atoms with Crippen LogP contribution in [0.5, 0.6) is 0 Å². The average Bonchev–Trinajstić information content (AvgIpc) is 2.55. The van der Waals surface area contributed by atoms with E-state index in [0.29, 0.717) is 10.6 Å². The highest BCUT2D eigenvalue weighted by Crippen LogP contribution is 2.22. The summed E-state index contributed by atoms with van der Waals surface area (Å²) < 4.78 is 0. The van der Waals surface area contributed by atoms with E-state index in [1.54, 1.807) is 6.07 Å². The van der Waals surface area contributed by atoms with E-state index in [-0.39, 0.29) is 30.6 Å². The first kappa shape index (κ1) is 18.2. The topological polar surface area (TPSA) is 46.2 Å². The molecule has 0 radical (unpaired) electrons. The van der Waals surface area contributed by atoms with Gasteiger partial charge in [-0.15, -0.1) is 0 Å². The fourth-order valence-electron chi connectivity index (χ4n) is 2.62. The van der Waals surface area contributed by atoms with Crippen LogP contribution in [0.25, 0.3) is 0 Å². The van der Waals surface area contributed by atoms with Gasteiger partial charge in [0.2, 0.25) is 5.91 Å². The van der Waals surface area contributed by atoms with Gasteiger partial charge in [0.15, 0.2) is 5.78 Å². The Hall–Kier alpha value is -2.13. The molecule has 0 aromatic heterocycles. The lowest BCUT2D eigenvalue weighted by Crippen LogP contribution is -2.27. The molecule has 126 valence electrons. The Kier molecular flexibility index (Phi) is 6.16. The number of amides is 1. The van der Waals surface area contributed by atoms with E-state index in [0.717, 1.165) is 16.7 Å². The van der Waals surface area contributed by atoms with Crippen LogP contribution in [-0.4, -0.2) is 11.7 Å². The van der Waals surface area contributed by atoms with E-state index in [1.807, 2.05) is 57.2 Å². The Morgan fingerprint density at radius 1 is 1.08 bits per heavy atom. The highest BCUT2D eigenvalue weighted by molar-refractivity contribution is 6.31. The van der Waals surface area contributed by atoms with Crippen molar-refractivity contribution >= 4 is 23.3 Å². The first-order valence-electron chi connectivity index (χ1n) is 8.02. The quantitative estimate of drug-likeness (QED) is 0.766. The molecule has 0 bridgehead atoms. The molecular formula is C20H22ClNO2. The minimum atomic E-state index is -0.193. The van der Waals surface area contributed by atoms with Crippen molar-refractivity contribution < 1.29 is 9.59 Å². The summed E-state index contributed by atoms with van der Waals surface area (Å²) in [5, 5.41) is 3.52. The van der Waals surface area contributed by atoms with E-state index < -0.39 is 0 Å². The number of rotatable bonds is 6. The molecule has 0 fully saturated rings. The summed E-state index contributed by atoms with van der Waals surface area (Å²) in [5.41, 5.74) is 3.55. The molecule has 0 saturated carbocycles. The van der Waals surface area contributed by atoms with Crippen LogP contribution in [0, 0.1) is 13.8 Å². The maximum atomic E-state index is 12.3. The fourth-order valence-corrected chi connectivity index (χ4v) is 2.92. The molecule has 1 amide bonds. The van der Waals surface area contributed by atoms with Crippen LogP contribution in [0.2, 0.25) is 5.02 Å². The number of carbonyl (C=O) groups excluding carboxylic acids is 2. The molecule has 24 heavy (non-hydrogen) atoms. The summed E-state index contributed by atoms with van der Waals surface area (Å²) >= 11 is 6.14. The van der Waals surface area contributed by atoms with Crippen LogP contribution in [-0.2, 0) is 4.79 Å². The molecule has 3 nitrogen and oxygen atoms in total. The number of Topliss-reactive ketones (excluding diaryl/α,β-unsaturated/α-hetero) is 1. The van der Waals surface area contributed by atoms with Gasteiger partial charge in [-0.3, -0.25) is 9.59 Å². The van der Waals surface area contributed by atoms with E-state index in [4.69, 9.17) is 11.6 Å². The Bertz CT molecular complexity index is 755. The zero-order valence-electron chi connectivity index (χ0n) is 14.2. The normalized spacial score (nSPS) is 11.8. The van der Waals surface area contributed by atoms with Gasteiger partial charge >= 0.3 is 0 Å². The maximum absolute atomic E-state index is 12.3. The number of carbonyl (C=O) groups is 2.